The van der Waals surface area contributed by atoms with Crippen molar-refractivity contribution in [3.05, 3.63) is 20.8 Å². The van der Waals surface area contributed by atoms with E-state index in [9.17, 15) is 4.79 Å². The van der Waals surface area contributed by atoms with Crippen molar-refractivity contribution in [1.82, 2.24) is 4.90 Å². The lowest BCUT2D eigenvalue weighted by atomic mass is 10.3. The number of alkyl halides is 1. The summed E-state index contributed by atoms with van der Waals surface area (Å²) in [6, 6.07) is 1.82. The van der Waals surface area contributed by atoms with Gasteiger partial charge in [-0.1, -0.05) is 0 Å². The van der Waals surface area contributed by atoms with Crippen molar-refractivity contribution in [2.75, 3.05) is 19.5 Å². The maximum atomic E-state index is 11.6. The fourth-order valence-corrected chi connectivity index (χ4v) is 2.25. The molecule has 0 fully saturated rings. The van der Waals surface area contributed by atoms with E-state index in [2.05, 4.69) is 15.9 Å². The minimum absolute atomic E-state index is 0.0163. The van der Waals surface area contributed by atoms with Crippen LogP contribution in [-0.4, -0.2) is 30.3 Å². The zero-order chi connectivity index (χ0) is 9.84. The summed E-state index contributed by atoms with van der Waals surface area (Å²) in [5.41, 5.74) is 0.712. The van der Waals surface area contributed by atoms with Crippen molar-refractivity contribution in [2.45, 2.75) is 0 Å². The summed E-state index contributed by atoms with van der Waals surface area (Å²) in [5.74, 6) is 0.482. The molecule has 1 heterocycles. The van der Waals surface area contributed by atoms with Crippen LogP contribution in [0.1, 0.15) is 10.4 Å². The summed E-state index contributed by atoms with van der Waals surface area (Å²) in [6.45, 7) is 0.577. The number of hydrogen-bond acceptors (Lipinski definition) is 2. The number of nitrogens with zero attached hydrogens (tertiary/aromatic N) is 1. The minimum atomic E-state index is 0.0163. The Morgan fingerprint density at radius 1 is 1.77 bits per heavy atom. The van der Waals surface area contributed by atoms with E-state index in [1.807, 2.05) is 11.4 Å². The highest BCUT2D eigenvalue weighted by atomic mass is 79.9. The lowest BCUT2D eigenvalue weighted by Gasteiger charge is -2.13. The van der Waals surface area contributed by atoms with Gasteiger partial charge in [0, 0.05) is 24.9 Å². The molecule has 0 saturated carbocycles. The van der Waals surface area contributed by atoms with Crippen LogP contribution in [0.15, 0.2) is 15.2 Å². The van der Waals surface area contributed by atoms with Crippen molar-refractivity contribution < 1.29 is 4.79 Å². The van der Waals surface area contributed by atoms with Crippen LogP contribution in [0.25, 0.3) is 0 Å². The molecule has 1 aromatic rings. The molecule has 0 unspecified atom stereocenters. The molecule has 13 heavy (non-hydrogen) atoms. The van der Waals surface area contributed by atoms with E-state index in [1.54, 1.807) is 11.9 Å². The molecule has 72 valence electrons. The fraction of sp³-hybridized carbons (Fsp3) is 0.375. The van der Waals surface area contributed by atoms with Crippen LogP contribution in [0.4, 0.5) is 0 Å². The van der Waals surface area contributed by atoms with Gasteiger partial charge in [-0.2, -0.15) is 0 Å². The lowest BCUT2D eigenvalue weighted by molar-refractivity contribution is 0.0804. The maximum Gasteiger partial charge on any atom is 0.254 e. The summed E-state index contributed by atoms with van der Waals surface area (Å²) in [7, 11) is 1.75. The maximum absolute atomic E-state index is 11.6. The molecule has 0 N–H and O–H groups in total. The molecule has 1 aromatic heterocycles. The molecule has 0 aliphatic carbocycles. The molecule has 0 aliphatic rings. The van der Waals surface area contributed by atoms with Crippen LogP contribution in [0.5, 0.6) is 0 Å². The molecule has 5 heteroatoms. The molecule has 0 radical (unpaired) electrons. The Kier molecular flexibility index (Phi) is 4.22. The Bertz CT molecular complexity index is 302. The predicted molar refractivity (Wildman–Crippen MR) is 59.7 cm³/mol. The van der Waals surface area contributed by atoms with Crippen LogP contribution < -0.4 is 0 Å². The van der Waals surface area contributed by atoms with Crippen molar-refractivity contribution in [3.63, 3.8) is 0 Å². The number of halogens is 2. The van der Waals surface area contributed by atoms with Crippen molar-refractivity contribution in [2.24, 2.45) is 0 Å². The summed E-state index contributed by atoms with van der Waals surface area (Å²) in [4.78, 5) is 13.2. The largest absolute Gasteiger partial charge is 0.340 e. The van der Waals surface area contributed by atoms with Gasteiger partial charge in [0.05, 0.1) is 9.35 Å². The highest BCUT2D eigenvalue weighted by Gasteiger charge is 2.11. The molecule has 0 bridgehead atoms. The average molecular weight is 283 g/mol. The van der Waals surface area contributed by atoms with E-state index in [4.69, 9.17) is 11.6 Å². The van der Waals surface area contributed by atoms with Crippen LogP contribution in [-0.2, 0) is 0 Å². The van der Waals surface area contributed by atoms with E-state index < -0.39 is 0 Å². The summed E-state index contributed by atoms with van der Waals surface area (Å²) in [5, 5.41) is 1.83. The van der Waals surface area contributed by atoms with Gasteiger partial charge in [-0.3, -0.25) is 4.79 Å². The van der Waals surface area contributed by atoms with E-state index >= 15 is 0 Å². The van der Waals surface area contributed by atoms with Gasteiger partial charge in [0.2, 0.25) is 0 Å². The first kappa shape index (κ1) is 11.0. The van der Waals surface area contributed by atoms with Gasteiger partial charge in [-0.05, 0) is 22.0 Å². The Labute approximate surface area is 94.6 Å². The second-order valence-corrected chi connectivity index (χ2v) is 5.22. The van der Waals surface area contributed by atoms with E-state index in [0.29, 0.717) is 18.0 Å². The second-order valence-electron chi connectivity index (χ2n) is 2.56. The lowest BCUT2D eigenvalue weighted by Crippen LogP contribution is -2.28. The molecule has 2 nitrogen and oxygen atoms in total. The molecule has 0 spiro atoms. The van der Waals surface area contributed by atoms with Crippen molar-refractivity contribution in [1.29, 1.82) is 0 Å². The molecule has 0 saturated heterocycles. The predicted octanol–water partition coefficient (Wildman–Crippen LogP) is 2.82. The topological polar surface area (TPSA) is 20.3 Å². The van der Waals surface area contributed by atoms with E-state index in [1.165, 1.54) is 11.3 Å². The van der Waals surface area contributed by atoms with Crippen molar-refractivity contribution in [3.8, 4) is 0 Å². The first-order valence-corrected chi connectivity index (χ1v) is 5.91. The molecular formula is C8H9BrClNOS. The van der Waals surface area contributed by atoms with Gasteiger partial charge in [0.1, 0.15) is 0 Å². The highest BCUT2D eigenvalue weighted by Crippen LogP contribution is 2.21. The number of hydrogen-bond donors (Lipinski definition) is 0. The van der Waals surface area contributed by atoms with Gasteiger partial charge in [0.15, 0.2) is 0 Å². The van der Waals surface area contributed by atoms with Crippen LogP contribution >= 0.6 is 38.9 Å². The SMILES string of the molecule is CN(CCCl)C(=O)c1csc(Br)c1. The van der Waals surface area contributed by atoms with Gasteiger partial charge >= 0.3 is 0 Å². The molecule has 1 amide bonds. The Balaban J connectivity index is 2.67. The molecule has 0 aliphatic heterocycles. The van der Waals surface area contributed by atoms with Crippen molar-refractivity contribution >= 4 is 44.8 Å². The van der Waals surface area contributed by atoms with Gasteiger partial charge in [-0.15, -0.1) is 22.9 Å². The number of thiophene rings is 1. The monoisotopic (exact) mass is 281 g/mol. The van der Waals surface area contributed by atoms with Crippen LogP contribution in [0, 0.1) is 0 Å². The zero-order valence-corrected chi connectivity index (χ0v) is 10.2. The summed E-state index contributed by atoms with van der Waals surface area (Å²) in [6.07, 6.45) is 0. The highest BCUT2D eigenvalue weighted by molar-refractivity contribution is 9.11. The first-order chi connectivity index (χ1) is 6.15. The molecular weight excluding hydrogens is 274 g/mol. The van der Waals surface area contributed by atoms with E-state index in [-0.39, 0.29) is 5.91 Å². The van der Waals surface area contributed by atoms with Gasteiger partial charge in [-0.25, -0.2) is 0 Å². The number of carbonyl (C=O) groups excluding carboxylic acids is 1. The standard InChI is InChI=1S/C8H9BrClNOS/c1-11(3-2-10)8(12)6-4-7(9)13-5-6/h4-5H,2-3H2,1H3. The molecule has 0 atom stereocenters. The number of carbonyl (C=O) groups is 1. The third kappa shape index (κ3) is 2.97. The fourth-order valence-electron chi connectivity index (χ4n) is 0.871. The second kappa shape index (κ2) is 4.98. The summed E-state index contributed by atoms with van der Waals surface area (Å²) >= 11 is 10.3. The van der Waals surface area contributed by atoms with Crippen LogP contribution in [0.3, 0.4) is 0 Å². The number of amides is 1. The zero-order valence-electron chi connectivity index (χ0n) is 7.09. The average Bonchev–Trinajstić information content (AvgIpc) is 2.51. The first-order valence-electron chi connectivity index (χ1n) is 3.70. The third-order valence-electron chi connectivity index (χ3n) is 1.58. The third-order valence-corrected chi connectivity index (χ3v) is 3.25. The number of rotatable bonds is 3. The van der Waals surface area contributed by atoms with Gasteiger partial charge < -0.3 is 4.90 Å². The van der Waals surface area contributed by atoms with Gasteiger partial charge in [0.25, 0.3) is 5.91 Å². The Morgan fingerprint density at radius 2 is 2.46 bits per heavy atom. The minimum Gasteiger partial charge on any atom is -0.340 e. The quantitative estimate of drug-likeness (QED) is 0.781. The summed E-state index contributed by atoms with van der Waals surface area (Å²) < 4.78 is 0.968. The molecule has 0 aromatic carbocycles. The Hall–Kier alpha value is -0.0600. The molecule has 1 rings (SSSR count). The van der Waals surface area contributed by atoms with E-state index in [0.717, 1.165) is 3.79 Å². The van der Waals surface area contributed by atoms with Crippen LogP contribution in [0.2, 0.25) is 0 Å². The Morgan fingerprint density at radius 3 is 2.92 bits per heavy atom. The smallest absolute Gasteiger partial charge is 0.254 e. The normalized spacial score (nSPS) is 10.1.